The zero-order chi connectivity index (χ0) is 7.40. The van der Waals surface area contributed by atoms with E-state index in [0.717, 1.165) is 18.4 Å². The molecule has 1 aliphatic carbocycles. The molecule has 1 heteroatoms. The molecule has 1 nitrogen and oxygen atoms in total. The molecule has 0 N–H and O–H groups in total. The Morgan fingerprint density at radius 2 is 1.90 bits per heavy atom. The van der Waals surface area contributed by atoms with E-state index in [-0.39, 0.29) is 0 Å². The van der Waals surface area contributed by atoms with Crippen LogP contribution >= 0.6 is 0 Å². The molecule has 0 saturated heterocycles. The molecule has 0 amide bonds. The summed E-state index contributed by atoms with van der Waals surface area (Å²) >= 11 is 0. The topological polar surface area (TPSA) is 4.36 Å². The summed E-state index contributed by atoms with van der Waals surface area (Å²) in [6.45, 7) is 9.80. The summed E-state index contributed by atoms with van der Waals surface area (Å²) in [5, 5.41) is 0. The van der Waals surface area contributed by atoms with Gasteiger partial charge >= 0.3 is 0 Å². The first-order valence-electron chi connectivity index (χ1n) is 4.16. The van der Waals surface area contributed by atoms with E-state index in [9.17, 15) is 0 Å². The first-order chi connectivity index (χ1) is 4.83. The maximum absolute atomic E-state index is 6.71. The van der Waals surface area contributed by atoms with Crippen molar-refractivity contribution in [3.8, 4) is 0 Å². The predicted molar refractivity (Wildman–Crippen MR) is 42.6 cm³/mol. The molecular weight excluding hydrogens is 122 g/mol. The highest BCUT2D eigenvalue weighted by molar-refractivity contribution is 4.75. The van der Waals surface area contributed by atoms with Gasteiger partial charge in [-0.25, -0.2) is 6.57 Å². The molecule has 0 unspecified atom stereocenters. The quantitative estimate of drug-likeness (QED) is 0.489. The highest BCUT2D eigenvalue weighted by Gasteiger charge is 2.19. The lowest BCUT2D eigenvalue weighted by Gasteiger charge is -2.22. The Balaban J connectivity index is 2.21. The van der Waals surface area contributed by atoms with Gasteiger partial charge in [0.2, 0.25) is 6.54 Å². The summed E-state index contributed by atoms with van der Waals surface area (Å²) in [4.78, 5) is 3.43. The van der Waals surface area contributed by atoms with E-state index in [1.165, 1.54) is 25.7 Å². The molecule has 0 radical (unpaired) electrons. The van der Waals surface area contributed by atoms with Crippen molar-refractivity contribution < 1.29 is 0 Å². The summed E-state index contributed by atoms with van der Waals surface area (Å²) in [6, 6.07) is 0. The van der Waals surface area contributed by atoms with Crippen LogP contribution in [0.3, 0.4) is 0 Å². The fourth-order valence-electron chi connectivity index (χ4n) is 1.64. The van der Waals surface area contributed by atoms with E-state index in [2.05, 4.69) is 11.8 Å². The zero-order valence-electron chi connectivity index (χ0n) is 6.64. The van der Waals surface area contributed by atoms with Crippen molar-refractivity contribution in [3.05, 3.63) is 11.4 Å². The Kier molecular flexibility index (Phi) is 2.74. The fourth-order valence-corrected chi connectivity index (χ4v) is 1.64. The highest BCUT2D eigenvalue weighted by Crippen LogP contribution is 2.28. The smallest absolute Gasteiger partial charge is 0.217 e. The van der Waals surface area contributed by atoms with Crippen LogP contribution < -0.4 is 0 Å². The highest BCUT2D eigenvalue weighted by atomic mass is 14.6. The van der Waals surface area contributed by atoms with Crippen LogP contribution in [-0.4, -0.2) is 6.54 Å². The minimum absolute atomic E-state index is 0.730. The molecule has 0 spiro atoms. The van der Waals surface area contributed by atoms with Crippen LogP contribution in [0.1, 0.15) is 32.6 Å². The number of hydrogen-bond donors (Lipinski definition) is 0. The maximum Gasteiger partial charge on any atom is 0.217 e. The summed E-state index contributed by atoms with van der Waals surface area (Å²) in [5.74, 6) is 1.65. The molecular formula is C9H15N. The standard InChI is InChI=1S/C9H15N/c1-8-3-5-9(6-4-8)7-10-2/h8-9H,3-7H2,1H3. The third-order valence-corrected chi connectivity index (χ3v) is 2.48. The van der Waals surface area contributed by atoms with E-state index in [0.29, 0.717) is 0 Å². The number of hydrogen-bond acceptors (Lipinski definition) is 0. The molecule has 1 aliphatic rings. The Morgan fingerprint density at radius 3 is 2.40 bits per heavy atom. The van der Waals surface area contributed by atoms with Crippen LogP contribution in [0.4, 0.5) is 0 Å². The molecule has 1 rings (SSSR count). The zero-order valence-corrected chi connectivity index (χ0v) is 6.64. The van der Waals surface area contributed by atoms with Gasteiger partial charge in [-0.05, 0) is 18.8 Å². The second-order valence-corrected chi connectivity index (χ2v) is 3.47. The Labute approximate surface area is 63.3 Å². The van der Waals surface area contributed by atoms with Crippen molar-refractivity contribution in [2.75, 3.05) is 6.54 Å². The van der Waals surface area contributed by atoms with Gasteiger partial charge in [-0.1, -0.05) is 19.8 Å². The second-order valence-electron chi connectivity index (χ2n) is 3.47. The first kappa shape index (κ1) is 7.60. The van der Waals surface area contributed by atoms with E-state index in [1.807, 2.05) is 0 Å². The fraction of sp³-hybridized carbons (Fsp3) is 0.889. The lowest BCUT2D eigenvalue weighted by molar-refractivity contribution is 0.304. The minimum atomic E-state index is 0.730. The van der Waals surface area contributed by atoms with Gasteiger partial charge in [0.25, 0.3) is 0 Å². The van der Waals surface area contributed by atoms with Crippen molar-refractivity contribution in [2.45, 2.75) is 32.6 Å². The first-order valence-corrected chi connectivity index (χ1v) is 4.16. The summed E-state index contributed by atoms with van der Waals surface area (Å²) in [6.07, 6.45) is 5.29. The van der Waals surface area contributed by atoms with Crippen molar-refractivity contribution in [2.24, 2.45) is 11.8 Å². The van der Waals surface area contributed by atoms with Crippen LogP contribution in [0.2, 0.25) is 0 Å². The molecule has 0 aromatic rings. The molecule has 0 heterocycles. The Morgan fingerprint density at radius 1 is 1.30 bits per heavy atom. The number of nitrogens with zero attached hydrogens (tertiary/aromatic N) is 1. The van der Waals surface area contributed by atoms with Crippen LogP contribution in [0.15, 0.2) is 0 Å². The predicted octanol–water partition coefficient (Wildman–Crippen LogP) is 2.73. The van der Waals surface area contributed by atoms with Crippen LogP contribution in [0, 0.1) is 18.4 Å². The second kappa shape index (κ2) is 3.61. The molecule has 1 fully saturated rings. The third-order valence-electron chi connectivity index (χ3n) is 2.48. The van der Waals surface area contributed by atoms with Gasteiger partial charge in [0, 0.05) is 5.92 Å². The van der Waals surface area contributed by atoms with Crippen LogP contribution in [-0.2, 0) is 0 Å². The molecule has 10 heavy (non-hydrogen) atoms. The van der Waals surface area contributed by atoms with Gasteiger partial charge in [-0.3, -0.25) is 0 Å². The molecule has 0 aromatic heterocycles. The van der Waals surface area contributed by atoms with Gasteiger partial charge in [-0.2, -0.15) is 0 Å². The molecule has 0 bridgehead atoms. The van der Waals surface area contributed by atoms with Crippen molar-refractivity contribution in [3.63, 3.8) is 0 Å². The SMILES string of the molecule is [C-]#[N+]CC1CCC(C)CC1. The maximum atomic E-state index is 6.71. The van der Waals surface area contributed by atoms with Gasteiger partial charge in [0.05, 0.1) is 0 Å². The van der Waals surface area contributed by atoms with Gasteiger partial charge in [0.15, 0.2) is 0 Å². The third kappa shape index (κ3) is 2.02. The van der Waals surface area contributed by atoms with Crippen molar-refractivity contribution >= 4 is 0 Å². The number of rotatable bonds is 1. The Bertz CT molecular complexity index is 126. The normalized spacial score (nSPS) is 33.2. The monoisotopic (exact) mass is 137 g/mol. The van der Waals surface area contributed by atoms with E-state index >= 15 is 0 Å². The average molecular weight is 137 g/mol. The van der Waals surface area contributed by atoms with Crippen molar-refractivity contribution in [1.29, 1.82) is 0 Å². The average Bonchev–Trinajstić information content (AvgIpc) is 1.95. The van der Waals surface area contributed by atoms with Crippen LogP contribution in [0.5, 0.6) is 0 Å². The summed E-state index contributed by atoms with van der Waals surface area (Å²) < 4.78 is 0. The molecule has 0 aromatic carbocycles. The Hall–Kier alpha value is -0.510. The molecule has 56 valence electrons. The van der Waals surface area contributed by atoms with Gasteiger partial charge in [0.1, 0.15) is 0 Å². The summed E-state index contributed by atoms with van der Waals surface area (Å²) in [7, 11) is 0. The van der Waals surface area contributed by atoms with Gasteiger partial charge < -0.3 is 4.85 Å². The van der Waals surface area contributed by atoms with E-state index in [4.69, 9.17) is 6.57 Å². The largest absolute Gasteiger partial charge is 0.317 e. The van der Waals surface area contributed by atoms with Crippen molar-refractivity contribution in [1.82, 2.24) is 0 Å². The lowest BCUT2D eigenvalue weighted by atomic mass is 9.83. The summed E-state index contributed by atoms with van der Waals surface area (Å²) in [5.41, 5.74) is 0. The molecule has 0 aliphatic heterocycles. The molecule has 0 atom stereocenters. The lowest BCUT2D eigenvalue weighted by Crippen LogP contribution is -2.13. The minimum Gasteiger partial charge on any atom is -0.317 e. The van der Waals surface area contributed by atoms with Crippen LogP contribution in [0.25, 0.3) is 4.85 Å². The van der Waals surface area contributed by atoms with E-state index < -0.39 is 0 Å². The molecule has 1 saturated carbocycles. The van der Waals surface area contributed by atoms with Gasteiger partial charge in [-0.15, -0.1) is 0 Å². The van der Waals surface area contributed by atoms with E-state index in [1.54, 1.807) is 0 Å².